The van der Waals surface area contributed by atoms with Crippen LogP contribution in [0.15, 0.2) is 48.5 Å². The van der Waals surface area contributed by atoms with Gasteiger partial charge in [-0.1, -0.05) is 56.5 Å². The molecule has 2 amide bonds. The average molecular weight is 558 g/mol. The molecule has 2 aromatic carbocycles. The number of nitrogens with zero attached hydrogens (tertiary/aromatic N) is 2. The van der Waals surface area contributed by atoms with Crippen molar-refractivity contribution in [1.29, 1.82) is 0 Å². The van der Waals surface area contributed by atoms with Crippen LogP contribution >= 0.6 is 0 Å². The minimum Gasteiger partial charge on any atom is -0.454 e. The highest BCUT2D eigenvalue weighted by Crippen LogP contribution is 2.36. The van der Waals surface area contributed by atoms with Crippen LogP contribution in [0.3, 0.4) is 0 Å². The summed E-state index contributed by atoms with van der Waals surface area (Å²) in [4.78, 5) is 28.9. The summed E-state index contributed by atoms with van der Waals surface area (Å²) in [6.45, 7) is 3.35. The summed E-state index contributed by atoms with van der Waals surface area (Å²) in [7, 11) is -3.81. The van der Waals surface area contributed by atoms with Crippen molar-refractivity contribution < 1.29 is 27.5 Å². The smallest absolute Gasteiger partial charge is 0.244 e. The summed E-state index contributed by atoms with van der Waals surface area (Å²) in [5.74, 6) is 0.160. The molecule has 10 heteroatoms. The maximum Gasteiger partial charge on any atom is 0.244 e. The lowest BCUT2D eigenvalue weighted by Crippen LogP contribution is -2.54. The molecule has 2 aromatic rings. The Bertz CT molecular complexity index is 1230. The number of hydrogen-bond donors (Lipinski definition) is 1. The number of benzene rings is 2. The molecule has 212 valence electrons. The number of nitrogens with one attached hydrogen (secondary N) is 1. The van der Waals surface area contributed by atoms with Crippen molar-refractivity contribution in [3.8, 4) is 11.5 Å². The fourth-order valence-corrected chi connectivity index (χ4v) is 6.25. The molecule has 1 heterocycles. The molecule has 1 atom stereocenters. The molecule has 0 radical (unpaired) electrons. The number of sulfonamides is 1. The van der Waals surface area contributed by atoms with Crippen molar-refractivity contribution in [2.45, 2.75) is 70.9 Å². The summed E-state index contributed by atoms with van der Waals surface area (Å²) in [6, 6.07) is 14.0. The standard InChI is InChI=1S/C29H39N3O6S/c1-3-25(29(34)30-23-13-9-6-10-14-23)31(18-17-22-11-7-5-8-12-22)28(33)20-32(39(35,36)4-2)24-15-16-26-27(19-24)38-21-37-26/h5,7-8,11-12,15-16,19,23,25H,3-4,6,9-10,13-14,17-18,20-21H2,1-2H3,(H,30,34)/t25-/m0/s1. The molecule has 0 saturated heterocycles. The molecule has 9 nitrogen and oxygen atoms in total. The number of rotatable bonds is 12. The van der Waals surface area contributed by atoms with Gasteiger partial charge < -0.3 is 19.7 Å². The Morgan fingerprint density at radius 3 is 2.41 bits per heavy atom. The number of anilines is 1. The first kappa shape index (κ1) is 28.7. The Morgan fingerprint density at radius 1 is 1.00 bits per heavy atom. The normalized spacial score (nSPS) is 15.9. The van der Waals surface area contributed by atoms with Crippen molar-refractivity contribution in [1.82, 2.24) is 10.2 Å². The predicted octanol–water partition coefficient (Wildman–Crippen LogP) is 3.87. The number of carbonyl (C=O) groups is 2. The van der Waals surface area contributed by atoms with E-state index in [1.165, 1.54) is 6.42 Å². The van der Waals surface area contributed by atoms with Crippen molar-refractivity contribution in [2.75, 3.05) is 29.9 Å². The maximum absolute atomic E-state index is 13.9. The van der Waals surface area contributed by atoms with Crippen LogP contribution in [0.2, 0.25) is 0 Å². The molecule has 39 heavy (non-hydrogen) atoms. The largest absolute Gasteiger partial charge is 0.454 e. The lowest BCUT2D eigenvalue weighted by atomic mass is 9.95. The zero-order valence-electron chi connectivity index (χ0n) is 22.8. The first-order valence-corrected chi connectivity index (χ1v) is 15.5. The molecule has 2 aliphatic rings. The Hall–Kier alpha value is -3.27. The molecule has 0 bridgehead atoms. The van der Waals surface area contributed by atoms with E-state index in [4.69, 9.17) is 9.47 Å². The Morgan fingerprint density at radius 2 is 1.72 bits per heavy atom. The molecule has 1 saturated carbocycles. The van der Waals surface area contributed by atoms with Crippen LogP contribution in [0.25, 0.3) is 0 Å². The van der Waals surface area contributed by atoms with Crippen molar-refractivity contribution in [3.05, 3.63) is 54.1 Å². The van der Waals surface area contributed by atoms with Crippen LogP contribution in [0.5, 0.6) is 11.5 Å². The molecule has 1 fully saturated rings. The van der Waals surface area contributed by atoms with Crippen LogP contribution in [0, 0.1) is 0 Å². The van der Waals surface area contributed by atoms with E-state index in [1.54, 1.807) is 30.0 Å². The van der Waals surface area contributed by atoms with Gasteiger partial charge in [0, 0.05) is 18.7 Å². The maximum atomic E-state index is 13.9. The molecule has 0 aromatic heterocycles. The van der Waals surface area contributed by atoms with Gasteiger partial charge in [-0.25, -0.2) is 8.42 Å². The Labute approximate surface area is 231 Å². The summed E-state index contributed by atoms with van der Waals surface area (Å²) >= 11 is 0. The van der Waals surface area contributed by atoms with E-state index in [9.17, 15) is 18.0 Å². The third kappa shape index (κ3) is 7.23. The van der Waals surface area contributed by atoms with Crippen LogP contribution < -0.4 is 19.1 Å². The monoisotopic (exact) mass is 557 g/mol. The second-order valence-electron chi connectivity index (χ2n) is 10.0. The number of fused-ring (bicyclic) bond motifs is 1. The zero-order valence-corrected chi connectivity index (χ0v) is 23.6. The van der Waals surface area contributed by atoms with E-state index in [0.29, 0.717) is 36.6 Å². The minimum atomic E-state index is -3.81. The van der Waals surface area contributed by atoms with E-state index < -0.39 is 28.5 Å². The van der Waals surface area contributed by atoms with Gasteiger partial charge >= 0.3 is 0 Å². The van der Waals surface area contributed by atoms with E-state index in [0.717, 1.165) is 35.6 Å². The van der Waals surface area contributed by atoms with Crippen LogP contribution in [0.1, 0.15) is 57.9 Å². The van der Waals surface area contributed by atoms with Crippen LogP contribution in [0.4, 0.5) is 5.69 Å². The Balaban J connectivity index is 1.59. The topological polar surface area (TPSA) is 105 Å². The molecule has 0 unspecified atom stereocenters. The third-order valence-corrected chi connectivity index (χ3v) is 9.19. The average Bonchev–Trinajstić information content (AvgIpc) is 3.43. The highest BCUT2D eigenvalue weighted by molar-refractivity contribution is 7.92. The number of amides is 2. The van der Waals surface area contributed by atoms with Gasteiger partial charge in [-0.2, -0.15) is 0 Å². The summed E-state index contributed by atoms with van der Waals surface area (Å²) in [6.07, 6.45) is 6.18. The highest BCUT2D eigenvalue weighted by Gasteiger charge is 2.33. The SMILES string of the molecule is CC[C@@H](C(=O)NC1CCCCC1)N(CCc1ccccc1)C(=O)CN(c1ccc2c(c1)OCO2)S(=O)(=O)CC. The predicted molar refractivity (Wildman–Crippen MR) is 150 cm³/mol. The van der Waals surface area contributed by atoms with Gasteiger partial charge in [0.15, 0.2) is 11.5 Å². The summed E-state index contributed by atoms with van der Waals surface area (Å²) in [5.41, 5.74) is 1.35. The summed E-state index contributed by atoms with van der Waals surface area (Å²) in [5, 5.41) is 3.16. The van der Waals surface area contributed by atoms with Crippen LogP contribution in [-0.4, -0.2) is 62.9 Å². The molecule has 4 rings (SSSR count). The van der Waals surface area contributed by atoms with Gasteiger partial charge in [0.05, 0.1) is 11.4 Å². The van der Waals surface area contributed by atoms with Crippen molar-refractivity contribution >= 4 is 27.5 Å². The molecular weight excluding hydrogens is 518 g/mol. The van der Waals surface area contributed by atoms with Gasteiger partial charge in [0.1, 0.15) is 12.6 Å². The third-order valence-electron chi connectivity index (χ3n) is 7.45. The number of hydrogen-bond acceptors (Lipinski definition) is 6. The van der Waals surface area contributed by atoms with Crippen molar-refractivity contribution in [3.63, 3.8) is 0 Å². The van der Waals surface area contributed by atoms with Gasteiger partial charge in [0.2, 0.25) is 28.6 Å². The fraction of sp³-hybridized carbons (Fsp3) is 0.517. The van der Waals surface area contributed by atoms with E-state index in [-0.39, 0.29) is 24.5 Å². The van der Waals surface area contributed by atoms with E-state index >= 15 is 0 Å². The van der Waals surface area contributed by atoms with Gasteiger partial charge in [-0.15, -0.1) is 0 Å². The molecule has 1 aliphatic heterocycles. The first-order chi connectivity index (χ1) is 18.8. The van der Waals surface area contributed by atoms with Crippen LogP contribution in [-0.2, 0) is 26.0 Å². The second-order valence-corrected chi connectivity index (χ2v) is 12.2. The number of ether oxygens (including phenoxy) is 2. The molecule has 0 spiro atoms. The highest BCUT2D eigenvalue weighted by atomic mass is 32.2. The lowest BCUT2D eigenvalue weighted by Gasteiger charge is -2.34. The quantitative estimate of drug-likeness (QED) is 0.425. The molecule has 1 aliphatic carbocycles. The van der Waals surface area contributed by atoms with Gasteiger partial charge in [-0.05, 0) is 50.3 Å². The minimum absolute atomic E-state index is 0.0554. The van der Waals surface area contributed by atoms with Gasteiger partial charge in [0.25, 0.3) is 0 Å². The van der Waals surface area contributed by atoms with E-state index in [1.807, 2.05) is 37.3 Å². The second kappa shape index (κ2) is 13.2. The molecular formula is C29H39N3O6S. The summed E-state index contributed by atoms with van der Waals surface area (Å²) < 4.78 is 38.3. The van der Waals surface area contributed by atoms with E-state index in [2.05, 4.69) is 5.32 Å². The van der Waals surface area contributed by atoms with Crippen molar-refractivity contribution in [2.24, 2.45) is 0 Å². The first-order valence-electron chi connectivity index (χ1n) is 13.9. The van der Waals surface area contributed by atoms with Gasteiger partial charge in [-0.3, -0.25) is 13.9 Å². The Kier molecular flexibility index (Phi) is 9.72. The number of carbonyl (C=O) groups excluding carboxylic acids is 2. The lowest BCUT2D eigenvalue weighted by molar-refractivity contribution is -0.140. The zero-order chi connectivity index (χ0) is 27.8. The molecule has 1 N–H and O–H groups in total. The fourth-order valence-electron chi connectivity index (χ4n) is 5.20.